The second kappa shape index (κ2) is 1.52. The molecule has 1 saturated carbocycles. The van der Waals surface area contributed by atoms with Crippen LogP contribution in [0.15, 0.2) is 17.1 Å². The molecule has 0 saturated heterocycles. The summed E-state index contributed by atoms with van der Waals surface area (Å²) in [6.07, 6.45) is 8.41. The highest BCUT2D eigenvalue weighted by atomic mass is 14.8. The predicted molar refractivity (Wildman–Crippen MR) is 41.1 cm³/mol. The number of allylic oxidation sites excluding steroid dienone is 2. The van der Waals surface area contributed by atoms with Crippen molar-refractivity contribution < 1.29 is 0 Å². The maximum absolute atomic E-state index is 4.34. The lowest BCUT2D eigenvalue weighted by Crippen LogP contribution is -2.17. The highest BCUT2D eigenvalue weighted by Crippen LogP contribution is 2.48. The van der Waals surface area contributed by atoms with Gasteiger partial charge < -0.3 is 0 Å². The van der Waals surface area contributed by atoms with Crippen LogP contribution in [0, 0.1) is 23.7 Å². The van der Waals surface area contributed by atoms with E-state index in [1.54, 1.807) is 0 Å². The molecular weight excluding hydrogens is 122 g/mol. The molecule has 0 aromatic rings. The molecule has 0 N–H and O–H groups in total. The summed E-state index contributed by atoms with van der Waals surface area (Å²) in [6, 6.07) is 0. The summed E-state index contributed by atoms with van der Waals surface area (Å²) >= 11 is 0. The Labute approximate surface area is 60.8 Å². The van der Waals surface area contributed by atoms with Gasteiger partial charge in [-0.2, -0.15) is 0 Å². The van der Waals surface area contributed by atoms with Gasteiger partial charge in [-0.15, -0.1) is 0 Å². The Morgan fingerprint density at radius 1 is 1.20 bits per heavy atom. The van der Waals surface area contributed by atoms with Crippen LogP contribution in [0.5, 0.6) is 0 Å². The third-order valence-corrected chi connectivity index (χ3v) is 3.28. The first-order valence-corrected chi connectivity index (χ1v) is 4.13. The molecule has 0 amide bonds. The Balaban J connectivity index is 2.04. The first-order chi connectivity index (χ1) is 4.95. The molecule has 3 rings (SSSR count). The molecule has 1 heteroatoms. The first kappa shape index (κ1) is 5.11. The van der Waals surface area contributed by atoms with Gasteiger partial charge in [-0.3, -0.25) is 4.99 Å². The molecule has 10 heavy (non-hydrogen) atoms. The molecule has 52 valence electrons. The summed E-state index contributed by atoms with van der Waals surface area (Å²) in [4.78, 5) is 4.34. The van der Waals surface area contributed by atoms with Crippen molar-refractivity contribution >= 4 is 6.21 Å². The van der Waals surface area contributed by atoms with Crippen LogP contribution in [-0.2, 0) is 0 Å². The smallest absolute Gasteiger partial charge is 0.0425 e. The van der Waals surface area contributed by atoms with Crippen LogP contribution in [-0.4, -0.2) is 12.8 Å². The summed E-state index contributed by atoms with van der Waals surface area (Å²) in [6.45, 7) is 1.11. The summed E-state index contributed by atoms with van der Waals surface area (Å²) in [5, 5.41) is 0. The van der Waals surface area contributed by atoms with Crippen molar-refractivity contribution in [3.63, 3.8) is 0 Å². The zero-order chi connectivity index (χ0) is 6.55. The van der Waals surface area contributed by atoms with E-state index < -0.39 is 0 Å². The lowest BCUT2D eigenvalue weighted by molar-refractivity contribution is 0.431. The van der Waals surface area contributed by atoms with E-state index in [1.807, 2.05) is 0 Å². The van der Waals surface area contributed by atoms with Gasteiger partial charge >= 0.3 is 0 Å². The maximum Gasteiger partial charge on any atom is 0.0425 e. The molecule has 0 aromatic heterocycles. The van der Waals surface area contributed by atoms with Crippen molar-refractivity contribution in [3.8, 4) is 0 Å². The van der Waals surface area contributed by atoms with Gasteiger partial charge in [0.1, 0.15) is 0 Å². The van der Waals surface area contributed by atoms with Crippen LogP contribution < -0.4 is 0 Å². The average molecular weight is 133 g/mol. The van der Waals surface area contributed by atoms with Crippen LogP contribution in [0.1, 0.15) is 6.42 Å². The van der Waals surface area contributed by atoms with Crippen molar-refractivity contribution in [3.05, 3.63) is 12.2 Å². The number of nitrogens with zero attached hydrogens (tertiary/aromatic N) is 1. The molecule has 1 heterocycles. The van der Waals surface area contributed by atoms with Crippen LogP contribution in [0.2, 0.25) is 0 Å². The second-order valence-corrected chi connectivity index (χ2v) is 3.70. The van der Waals surface area contributed by atoms with Crippen LogP contribution in [0.3, 0.4) is 0 Å². The highest BCUT2D eigenvalue weighted by molar-refractivity contribution is 5.66. The van der Waals surface area contributed by atoms with Gasteiger partial charge in [0, 0.05) is 18.7 Å². The van der Waals surface area contributed by atoms with Crippen molar-refractivity contribution in [1.82, 2.24) is 0 Å². The molecule has 1 aliphatic heterocycles. The van der Waals surface area contributed by atoms with Crippen molar-refractivity contribution in [2.24, 2.45) is 28.7 Å². The van der Waals surface area contributed by atoms with Gasteiger partial charge in [-0.25, -0.2) is 0 Å². The molecule has 1 fully saturated rings. The third-order valence-electron chi connectivity index (χ3n) is 3.28. The minimum Gasteiger partial charge on any atom is -0.297 e. The fourth-order valence-electron chi connectivity index (χ4n) is 2.75. The normalized spacial score (nSPS) is 54.4. The van der Waals surface area contributed by atoms with E-state index in [4.69, 9.17) is 0 Å². The molecule has 4 atom stereocenters. The first-order valence-electron chi connectivity index (χ1n) is 4.13. The van der Waals surface area contributed by atoms with Gasteiger partial charge in [0.25, 0.3) is 0 Å². The van der Waals surface area contributed by atoms with Gasteiger partial charge in [-0.1, -0.05) is 12.2 Å². The van der Waals surface area contributed by atoms with Crippen molar-refractivity contribution in [2.45, 2.75) is 6.42 Å². The molecule has 2 bridgehead atoms. The third kappa shape index (κ3) is 0.437. The fraction of sp³-hybridized carbons (Fsp3) is 0.667. The van der Waals surface area contributed by atoms with Gasteiger partial charge in [0.05, 0.1) is 0 Å². The minimum atomic E-state index is 0.829. The number of rotatable bonds is 0. The molecule has 3 aliphatic rings. The monoisotopic (exact) mass is 133 g/mol. The van der Waals surface area contributed by atoms with Crippen molar-refractivity contribution in [2.75, 3.05) is 6.54 Å². The van der Waals surface area contributed by atoms with Crippen LogP contribution >= 0.6 is 0 Å². The Morgan fingerprint density at radius 2 is 2.10 bits per heavy atom. The molecule has 0 aromatic carbocycles. The Kier molecular flexibility index (Phi) is 0.779. The number of fused-ring (bicyclic) bond motifs is 5. The van der Waals surface area contributed by atoms with E-state index in [0.717, 1.165) is 30.2 Å². The van der Waals surface area contributed by atoms with E-state index >= 15 is 0 Å². The van der Waals surface area contributed by atoms with Gasteiger partial charge in [-0.05, 0) is 24.2 Å². The molecular formula is C9H11N. The lowest BCUT2D eigenvalue weighted by Gasteiger charge is -2.17. The maximum atomic E-state index is 4.34. The molecule has 1 nitrogen and oxygen atoms in total. The average Bonchev–Trinajstić information content (AvgIpc) is 2.60. The zero-order valence-electron chi connectivity index (χ0n) is 5.90. The van der Waals surface area contributed by atoms with E-state index in [0.29, 0.717) is 0 Å². The number of hydrogen-bond acceptors (Lipinski definition) is 1. The lowest BCUT2D eigenvalue weighted by atomic mass is 9.86. The van der Waals surface area contributed by atoms with E-state index in [-0.39, 0.29) is 0 Å². The SMILES string of the molecule is C1=C[C@H]2C[C@@H]1[C@H]1C=NC[C@H]12. The topological polar surface area (TPSA) is 12.4 Å². The van der Waals surface area contributed by atoms with Crippen molar-refractivity contribution in [1.29, 1.82) is 0 Å². The zero-order valence-corrected chi connectivity index (χ0v) is 5.90. The summed E-state index contributed by atoms with van der Waals surface area (Å²) in [5.41, 5.74) is 0. The molecule has 0 unspecified atom stereocenters. The Bertz CT molecular complexity index is 217. The number of aliphatic imine (C=N–C) groups is 1. The predicted octanol–water partition coefficient (Wildman–Crippen LogP) is 1.51. The van der Waals surface area contributed by atoms with E-state index in [2.05, 4.69) is 23.4 Å². The fourth-order valence-corrected chi connectivity index (χ4v) is 2.75. The standard InChI is InChI=1S/C9H11N/c1-2-7-3-6(1)8-4-10-5-9(7)8/h1-2,4,6-9H,3,5H2/t6-,7+,8-,9+/m1/s1. The van der Waals surface area contributed by atoms with Gasteiger partial charge in [0.15, 0.2) is 0 Å². The summed E-state index contributed by atoms with van der Waals surface area (Å²) in [7, 11) is 0. The number of hydrogen-bond donors (Lipinski definition) is 0. The Morgan fingerprint density at radius 3 is 3.00 bits per heavy atom. The quantitative estimate of drug-likeness (QED) is 0.444. The summed E-state index contributed by atoms with van der Waals surface area (Å²) < 4.78 is 0. The largest absolute Gasteiger partial charge is 0.297 e. The Hall–Kier alpha value is -0.590. The molecule has 0 spiro atoms. The second-order valence-electron chi connectivity index (χ2n) is 3.70. The van der Waals surface area contributed by atoms with Gasteiger partial charge in [0.2, 0.25) is 0 Å². The highest BCUT2D eigenvalue weighted by Gasteiger charge is 2.45. The van der Waals surface area contributed by atoms with Crippen LogP contribution in [0.4, 0.5) is 0 Å². The molecule has 0 radical (unpaired) electrons. The minimum absolute atomic E-state index is 0.829. The summed E-state index contributed by atoms with van der Waals surface area (Å²) in [5.74, 6) is 3.48. The van der Waals surface area contributed by atoms with Crippen LogP contribution in [0.25, 0.3) is 0 Å². The van der Waals surface area contributed by atoms with E-state index in [9.17, 15) is 0 Å². The molecule has 2 aliphatic carbocycles. The van der Waals surface area contributed by atoms with E-state index in [1.165, 1.54) is 6.42 Å².